The molecule has 1 saturated heterocycles. The van der Waals surface area contributed by atoms with Crippen LogP contribution in [0.4, 0.5) is 5.69 Å². The minimum absolute atomic E-state index is 0.0795. The van der Waals surface area contributed by atoms with Gasteiger partial charge in [0.25, 0.3) is 5.56 Å². The monoisotopic (exact) mass is 277 g/mol. The Balaban J connectivity index is 1.96. The van der Waals surface area contributed by atoms with Gasteiger partial charge in [0, 0.05) is 23.3 Å². The topological polar surface area (TPSA) is 51.9 Å². The Bertz CT molecular complexity index is 626. The highest BCUT2D eigenvalue weighted by Crippen LogP contribution is 2.36. The molecule has 1 aromatic heterocycles. The Kier molecular flexibility index (Phi) is 3.11. The van der Waals surface area contributed by atoms with Crippen molar-refractivity contribution in [1.82, 2.24) is 10.2 Å². The molecule has 0 aliphatic carbocycles. The molecule has 19 heavy (non-hydrogen) atoms. The van der Waals surface area contributed by atoms with Crippen molar-refractivity contribution in [2.24, 2.45) is 0 Å². The molecule has 1 aliphatic rings. The van der Waals surface area contributed by atoms with Crippen LogP contribution < -0.4 is 10.5 Å². The van der Waals surface area contributed by atoms with Gasteiger partial charge in [0.1, 0.15) is 0 Å². The first-order valence-electron chi connectivity index (χ1n) is 6.45. The largest absolute Gasteiger partial charge is 0.363 e. The molecule has 100 valence electrons. The summed E-state index contributed by atoms with van der Waals surface area (Å²) in [5.41, 5.74) is 3.13. The van der Waals surface area contributed by atoms with E-state index in [-0.39, 0.29) is 11.6 Å². The van der Waals surface area contributed by atoms with Gasteiger partial charge >= 0.3 is 0 Å². The van der Waals surface area contributed by atoms with Gasteiger partial charge in [-0.2, -0.15) is 0 Å². The second kappa shape index (κ2) is 4.78. The number of aromatic amines is 2. The summed E-state index contributed by atoms with van der Waals surface area (Å²) in [6.07, 6.45) is 2.16. The average molecular weight is 278 g/mol. The van der Waals surface area contributed by atoms with Crippen molar-refractivity contribution in [3.05, 3.63) is 50.9 Å². The summed E-state index contributed by atoms with van der Waals surface area (Å²) >= 11 is 6.14. The quantitative estimate of drug-likeness (QED) is 0.887. The number of hydrogen-bond acceptors (Lipinski definition) is 2. The molecular weight excluding hydrogens is 262 g/mol. The Morgan fingerprint density at radius 1 is 1.26 bits per heavy atom. The minimum Gasteiger partial charge on any atom is -0.363 e. The maximum absolute atomic E-state index is 11.3. The van der Waals surface area contributed by atoms with Gasteiger partial charge in [-0.3, -0.25) is 9.89 Å². The van der Waals surface area contributed by atoms with Crippen molar-refractivity contribution in [3.8, 4) is 0 Å². The number of H-pyrrole nitrogens is 2. The lowest BCUT2D eigenvalue weighted by Crippen LogP contribution is -2.22. The summed E-state index contributed by atoms with van der Waals surface area (Å²) in [5.74, 6) is 0. The van der Waals surface area contributed by atoms with E-state index in [1.165, 1.54) is 0 Å². The summed E-state index contributed by atoms with van der Waals surface area (Å²) in [5, 5.41) is 6.32. The van der Waals surface area contributed by atoms with E-state index in [4.69, 9.17) is 11.6 Å². The summed E-state index contributed by atoms with van der Waals surface area (Å²) in [6.45, 7) is 3.02. The second-order valence-corrected chi connectivity index (χ2v) is 5.49. The van der Waals surface area contributed by atoms with Gasteiger partial charge in [0.2, 0.25) is 0 Å². The Labute approximate surface area is 116 Å². The first-order chi connectivity index (χ1) is 9.13. The van der Waals surface area contributed by atoms with E-state index in [1.54, 1.807) is 6.07 Å². The number of benzene rings is 1. The van der Waals surface area contributed by atoms with E-state index in [2.05, 4.69) is 21.2 Å². The van der Waals surface area contributed by atoms with Gasteiger partial charge in [-0.05, 0) is 43.5 Å². The summed E-state index contributed by atoms with van der Waals surface area (Å²) < 4.78 is 0. The number of aromatic nitrogens is 2. The predicted octanol–water partition coefficient (Wildman–Crippen LogP) is 3.01. The van der Waals surface area contributed by atoms with Crippen LogP contribution in [0.2, 0.25) is 5.02 Å². The number of hydrogen-bond donors (Lipinski definition) is 2. The highest BCUT2D eigenvalue weighted by atomic mass is 35.5. The molecule has 0 saturated carbocycles. The van der Waals surface area contributed by atoms with Crippen LogP contribution in [0.15, 0.2) is 29.1 Å². The molecule has 2 aromatic rings. The maximum Gasteiger partial charge on any atom is 0.264 e. The normalized spacial score (nSPS) is 19.1. The molecule has 3 rings (SSSR count). The molecule has 1 aromatic carbocycles. The van der Waals surface area contributed by atoms with E-state index >= 15 is 0 Å². The Morgan fingerprint density at radius 3 is 2.79 bits per heavy atom. The standard InChI is InChI=1S/C14H16ClN3O/c1-9-5-10(15)7-11(6-9)18-4-2-3-13(18)12-8-14(19)17-16-12/h5-8,13H,2-4H2,1H3,(H2,16,17,19). The zero-order chi connectivity index (χ0) is 13.4. The predicted molar refractivity (Wildman–Crippen MR) is 76.9 cm³/mol. The van der Waals surface area contributed by atoms with Crippen LogP contribution in [0.25, 0.3) is 0 Å². The van der Waals surface area contributed by atoms with Crippen molar-refractivity contribution >= 4 is 17.3 Å². The number of anilines is 1. The van der Waals surface area contributed by atoms with Crippen molar-refractivity contribution in [3.63, 3.8) is 0 Å². The molecule has 2 N–H and O–H groups in total. The molecular formula is C14H16ClN3O. The third kappa shape index (κ3) is 2.40. The van der Waals surface area contributed by atoms with E-state index < -0.39 is 0 Å². The fourth-order valence-corrected chi connectivity index (χ4v) is 3.09. The van der Waals surface area contributed by atoms with Gasteiger partial charge in [0.15, 0.2) is 0 Å². The lowest BCUT2D eigenvalue weighted by atomic mass is 10.1. The molecule has 5 heteroatoms. The lowest BCUT2D eigenvalue weighted by molar-refractivity contribution is 0.690. The number of halogens is 1. The summed E-state index contributed by atoms with van der Waals surface area (Å²) in [4.78, 5) is 13.6. The van der Waals surface area contributed by atoms with Crippen molar-refractivity contribution in [1.29, 1.82) is 0 Å². The highest BCUT2D eigenvalue weighted by molar-refractivity contribution is 6.30. The molecule has 1 unspecified atom stereocenters. The van der Waals surface area contributed by atoms with Crippen molar-refractivity contribution < 1.29 is 0 Å². The van der Waals surface area contributed by atoms with Crippen LogP contribution in [-0.2, 0) is 0 Å². The molecule has 1 fully saturated rings. The number of rotatable bonds is 2. The zero-order valence-electron chi connectivity index (χ0n) is 10.7. The minimum atomic E-state index is -0.0795. The van der Waals surface area contributed by atoms with Crippen LogP contribution in [0.5, 0.6) is 0 Å². The van der Waals surface area contributed by atoms with E-state index in [1.807, 2.05) is 19.1 Å². The third-order valence-electron chi connectivity index (χ3n) is 3.59. The first kappa shape index (κ1) is 12.4. The van der Waals surface area contributed by atoms with Gasteiger partial charge in [-0.25, -0.2) is 0 Å². The van der Waals surface area contributed by atoms with Crippen LogP contribution in [0.3, 0.4) is 0 Å². The molecule has 1 atom stereocenters. The molecule has 1 aliphatic heterocycles. The van der Waals surface area contributed by atoms with Gasteiger partial charge < -0.3 is 10.00 Å². The molecule has 0 amide bonds. The molecule has 0 bridgehead atoms. The average Bonchev–Trinajstić information content (AvgIpc) is 2.95. The van der Waals surface area contributed by atoms with Gasteiger partial charge in [0.05, 0.1) is 11.7 Å². The first-order valence-corrected chi connectivity index (χ1v) is 6.83. The zero-order valence-corrected chi connectivity index (χ0v) is 11.5. The fourth-order valence-electron chi connectivity index (χ4n) is 2.81. The number of aryl methyl sites for hydroxylation is 1. The second-order valence-electron chi connectivity index (χ2n) is 5.05. The van der Waals surface area contributed by atoms with E-state index in [0.717, 1.165) is 41.4 Å². The molecule has 4 nitrogen and oxygen atoms in total. The maximum atomic E-state index is 11.3. The fraction of sp³-hybridized carbons (Fsp3) is 0.357. The third-order valence-corrected chi connectivity index (χ3v) is 3.81. The molecule has 0 radical (unpaired) electrons. The van der Waals surface area contributed by atoms with Gasteiger partial charge in [-0.15, -0.1) is 0 Å². The van der Waals surface area contributed by atoms with Crippen LogP contribution in [0, 0.1) is 6.92 Å². The van der Waals surface area contributed by atoms with Crippen LogP contribution in [0.1, 0.15) is 30.1 Å². The smallest absolute Gasteiger partial charge is 0.264 e. The van der Waals surface area contributed by atoms with E-state index in [9.17, 15) is 4.79 Å². The van der Waals surface area contributed by atoms with Crippen molar-refractivity contribution in [2.45, 2.75) is 25.8 Å². The highest BCUT2D eigenvalue weighted by Gasteiger charge is 2.27. The van der Waals surface area contributed by atoms with E-state index in [0.29, 0.717) is 0 Å². The number of nitrogens with zero attached hydrogens (tertiary/aromatic N) is 1. The van der Waals surface area contributed by atoms with Crippen LogP contribution in [-0.4, -0.2) is 16.7 Å². The molecule has 2 heterocycles. The SMILES string of the molecule is Cc1cc(Cl)cc(N2CCCC2c2cc(=O)[nH][nH]2)c1. The summed E-state index contributed by atoms with van der Waals surface area (Å²) in [7, 11) is 0. The van der Waals surface area contributed by atoms with Crippen molar-refractivity contribution in [2.75, 3.05) is 11.4 Å². The van der Waals surface area contributed by atoms with Gasteiger partial charge in [-0.1, -0.05) is 11.6 Å². The van der Waals surface area contributed by atoms with Crippen LogP contribution >= 0.6 is 11.6 Å². The lowest BCUT2D eigenvalue weighted by Gasteiger charge is -2.26. The summed E-state index contributed by atoms with van der Waals surface area (Å²) in [6, 6.07) is 7.93. The molecule has 0 spiro atoms. The Hall–Kier alpha value is -1.68. The number of nitrogens with one attached hydrogen (secondary N) is 2. The Morgan fingerprint density at radius 2 is 2.11 bits per heavy atom.